The third-order valence-corrected chi connectivity index (χ3v) is 3.53. The van der Waals surface area contributed by atoms with Crippen LogP contribution in [0.5, 0.6) is 0 Å². The van der Waals surface area contributed by atoms with Gasteiger partial charge in [0, 0.05) is 12.7 Å². The SMILES string of the molecule is C[C@@H]1COCCN1C(=O)c1ccn(-c2ccc(F)cc2)n1. The Balaban J connectivity index is 1.81. The van der Waals surface area contributed by atoms with E-state index in [1.165, 1.54) is 12.1 Å². The van der Waals surface area contributed by atoms with Crippen molar-refractivity contribution in [3.63, 3.8) is 0 Å². The number of amides is 1. The zero-order valence-electron chi connectivity index (χ0n) is 11.7. The number of carbonyl (C=O) groups excluding carboxylic acids is 1. The summed E-state index contributed by atoms with van der Waals surface area (Å²) >= 11 is 0. The second-order valence-electron chi connectivity index (χ2n) is 5.04. The van der Waals surface area contributed by atoms with Crippen LogP contribution in [-0.2, 0) is 4.74 Å². The van der Waals surface area contributed by atoms with Crippen molar-refractivity contribution in [2.75, 3.05) is 19.8 Å². The molecule has 3 rings (SSSR count). The molecule has 0 radical (unpaired) electrons. The molecule has 1 amide bonds. The average molecular weight is 289 g/mol. The van der Waals surface area contributed by atoms with Gasteiger partial charge in [0.1, 0.15) is 5.82 Å². The number of carbonyl (C=O) groups is 1. The molecule has 1 aliphatic heterocycles. The zero-order chi connectivity index (χ0) is 14.8. The minimum absolute atomic E-state index is 0.0437. The van der Waals surface area contributed by atoms with E-state index in [0.29, 0.717) is 31.1 Å². The first kappa shape index (κ1) is 13.8. The van der Waals surface area contributed by atoms with Crippen LogP contribution < -0.4 is 0 Å². The molecule has 0 aliphatic carbocycles. The summed E-state index contributed by atoms with van der Waals surface area (Å²) in [5, 5.41) is 4.28. The van der Waals surface area contributed by atoms with Gasteiger partial charge in [0.15, 0.2) is 5.69 Å². The van der Waals surface area contributed by atoms with Gasteiger partial charge in [-0.1, -0.05) is 0 Å². The Morgan fingerprint density at radius 3 is 2.81 bits per heavy atom. The molecule has 2 aromatic rings. The quantitative estimate of drug-likeness (QED) is 0.848. The van der Waals surface area contributed by atoms with Gasteiger partial charge in [0.25, 0.3) is 5.91 Å². The first-order valence-electron chi connectivity index (χ1n) is 6.85. The molecule has 1 aromatic carbocycles. The van der Waals surface area contributed by atoms with Crippen LogP contribution in [0.4, 0.5) is 4.39 Å². The maximum atomic E-state index is 12.9. The summed E-state index contributed by atoms with van der Waals surface area (Å²) < 4.78 is 19.8. The van der Waals surface area contributed by atoms with Crippen LogP contribution in [0.3, 0.4) is 0 Å². The van der Waals surface area contributed by atoms with Crippen molar-refractivity contribution in [2.45, 2.75) is 13.0 Å². The molecule has 1 atom stereocenters. The van der Waals surface area contributed by atoms with Gasteiger partial charge in [-0.3, -0.25) is 4.79 Å². The van der Waals surface area contributed by atoms with E-state index < -0.39 is 0 Å². The molecule has 2 heterocycles. The summed E-state index contributed by atoms with van der Waals surface area (Å²) in [5.74, 6) is -0.406. The van der Waals surface area contributed by atoms with Crippen molar-refractivity contribution in [3.05, 3.63) is 48.0 Å². The molecule has 1 saturated heterocycles. The highest BCUT2D eigenvalue weighted by molar-refractivity contribution is 5.92. The van der Waals surface area contributed by atoms with E-state index in [9.17, 15) is 9.18 Å². The lowest BCUT2D eigenvalue weighted by molar-refractivity contribution is 0.00325. The molecule has 6 heteroatoms. The van der Waals surface area contributed by atoms with Crippen molar-refractivity contribution < 1.29 is 13.9 Å². The summed E-state index contributed by atoms with van der Waals surface area (Å²) in [6.07, 6.45) is 1.70. The van der Waals surface area contributed by atoms with Crippen LogP contribution in [-0.4, -0.2) is 46.4 Å². The number of hydrogen-bond donors (Lipinski definition) is 0. The Labute approximate surface area is 121 Å². The molecule has 0 saturated carbocycles. The van der Waals surface area contributed by atoms with Crippen molar-refractivity contribution in [2.24, 2.45) is 0 Å². The normalized spacial score (nSPS) is 18.8. The Kier molecular flexibility index (Phi) is 3.70. The van der Waals surface area contributed by atoms with Gasteiger partial charge in [-0.25, -0.2) is 9.07 Å². The van der Waals surface area contributed by atoms with Gasteiger partial charge in [-0.05, 0) is 37.3 Å². The lowest BCUT2D eigenvalue weighted by Gasteiger charge is -2.32. The second kappa shape index (κ2) is 5.65. The van der Waals surface area contributed by atoms with Crippen LogP contribution in [0.15, 0.2) is 36.5 Å². The molecule has 21 heavy (non-hydrogen) atoms. The number of hydrogen-bond acceptors (Lipinski definition) is 3. The molecule has 110 valence electrons. The Morgan fingerprint density at radius 1 is 1.33 bits per heavy atom. The topological polar surface area (TPSA) is 47.4 Å². The molecule has 0 spiro atoms. The maximum absolute atomic E-state index is 12.9. The van der Waals surface area contributed by atoms with Gasteiger partial charge in [-0.2, -0.15) is 5.10 Å². The number of halogens is 1. The number of rotatable bonds is 2. The van der Waals surface area contributed by atoms with Crippen LogP contribution >= 0.6 is 0 Å². The van der Waals surface area contributed by atoms with Gasteiger partial charge in [0.05, 0.1) is 24.9 Å². The maximum Gasteiger partial charge on any atom is 0.274 e. The summed E-state index contributed by atoms with van der Waals surface area (Å²) in [4.78, 5) is 14.2. The van der Waals surface area contributed by atoms with Crippen molar-refractivity contribution >= 4 is 5.91 Å². The predicted molar refractivity (Wildman–Crippen MR) is 74.8 cm³/mol. The Hall–Kier alpha value is -2.21. The van der Waals surface area contributed by atoms with Crippen molar-refractivity contribution in [1.29, 1.82) is 0 Å². The minimum Gasteiger partial charge on any atom is -0.377 e. The number of ether oxygens (including phenoxy) is 1. The predicted octanol–water partition coefficient (Wildman–Crippen LogP) is 1.87. The molecule has 0 unspecified atom stereocenters. The van der Waals surface area contributed by atoms with Gasteiger partial charge < -0.3 is 9.64 Å². The van der Waals surface area contributed by atoms with E-state index in [2.05, 4.69) is 5.10 Å². The third-order valence-electron chi connectivity index (χ3n) is 3.53. The highest BCUT2D eigenvalue weighted by Gasteiger charge is 2.26. The summed E-state index contributed by atoms with van der Waals surface area (Å²) in [6, 6.07) is 7.68. The summed E-state index contributed by atoms with van der Waals surface area (Å²) in [5.41, 5.74) is 1.10. The lowest BCUT2D eigenvalue weighted by atomic mass is 10.2. The summed E-state index contributed by atoms with van der Waals surface area (Å²) in [7, 11) is 0. The number of aromatic nitrogens is 2. The van der Waals surface area contributed by atoms with Crippen molar-refractivity contribution in [1.82, 2.24) is 14.7 Å². The van der Waals surface area contributed by atoms with E-state index in [0.717, 1.165) is 0 Å². The van der Waals surface area contributed by atoms with E-state index in [1.54, 1.807) is 34.0 Å². The van der Waals surface area contributed by atoms with Crippen LogP contribution in [0, 0.1) is 5.82 Å². The van der Waals surface area contributed by atoms with E-state index in [-0.39, 0.29) is 17.8 Å². The average Bonchev–Trinajstić information content (AvgIpc) is 2.98. The Morgan fingerprint density at radius 2 is 2.10 bits per heavy atom. The smallest absolute Gasteiger partial charge is 0.274 e. The minimum atomic E-state index is -0.302. The van der Waals surface area contributed by atoms with Crippen molar-refractivity contribution in [3.8, 4) is 5.69 Å². The molecule has 0 bridgehead atoms. The monoisotopic (exact) mass is 289 g/mol. The molecule has 1 aromatic heterocycles. The van der Waals surface area contributed by atoms with E-state index in [1.807, 2.05) is 6.92 Å². The second-order valence-corrected chi connectivity index (χ2v) is 5.04. The molecule has 0 N–H and O–H groups in total. The fraction of sp³-hybridized carbons (Fsp3) is 0.333. The fourth-order valence-electron chi connectivity index (χ4n) is 2.35. The van der Waals surface area contributed by atoms with E-state index >= 15 is 0 Å². The van der Waals surface area contributed by atoms with E-state index in [4.69, 9.17) is 4.74 Å². The first-order chi connectivity index (χ1) is 10.1. The zero-order valence-corrected chi connectivity index (χ0v) is 11.7. The van der Waals surface area contributed by atoms with Crippen LogP contribution in [0.25, 0.3) is 5.69 Å². The third kappa shape index (κ3) is 2.80. The highest BCUT2D eigenvalue weighted by atomic mass is 19.1. The first-order valence-corrected chi connectivity index (χ1v) is 6.85. The summed E-state index contributed by atoms with van der Waals surface area (Å²) in [6.45, 7) is 3.62. The molecular formula is C15H16FN3O2. The molecular weight excluding hydrogens is 273 g/mol. The fourth-order valence-corrected chi connectivity index (χ4v) is 2.35. The van der Waals surface area contributed by atoms with Gasteiger partial charge in [0.2, 0.25) is 0 Å². The number of nitrogens with zero attached hydrogens (tertiary/aromatic N) is 3. The molecule has 1 fully saturated rings. The molecule has 1 aliphatic rings. The van der Waals surface area contributed by atoms with Gasteiger partial charge in [-0.15, -0.1) is 0 Å². The van der Waals surface area contributed by atoms with Crippen LogP contribution in [0.1, 0.15) is 17.4 Å². The number of benzene rings is 1. The molecule has 5 nitrogen and oxygen atoms in total. The van der Waals surface area contributed by atoms with Gasteiger partial charge >= 0.3 is 0 Å². The largest absolute Gasteiger partial charge is 0.377 e. The number of morpholine rings is 1. The Bertz CT molecular complexity index is 639. The highest BCUT2D eigenvalue weighted by Crippen LogP contribution is 2.13. The standard InChI is InChI=1S/C15H16FN3O2/c1-11-10-21-9-8-18(11)15(20)14-6-7-19(17-14)13-4-2-12(16)3-5-13/h2-7,11H,8-10H2,1H3/t11-/m1/s1. The lowest BCUT2D eigenvalue weighted by Crippen LogP contribution is -2.47. The van der Waals surface area contributed by atoms with Crippen LogP contribution in [0.2, 0.25) is 0 Å².